The van der Waals surface area contributed by atoms with Crippen LogP contribution in [-0.2, 0) is 16.0 Å². The number of likely N-dealkylation sites (N-methyl/N-ethyl adjacent to an activating group) is 1. The van der Waals surface area contributed by atoms with Crippen LogP contribution >= 0.6 is 11.3 Å². The lowest BCUT2D eigenvalue weighted by Crippen LogP contribution is -3.06. The highest BCUT2D eigenvalue weighted by Crippen LogP contribution is 2.62. The molecule has 198 valence electrons. The molecule has 5 atom stereocenters. The molecular formula is C26H45N4O4S+. The van der Waals surface area contributed by atoms with Gasteiger partial charge in [0.05, 0.1) is 45.6 Å². The summed E-state index contributed by atoms with van der Waals surface area (Å²) < 4.78 is 0. The predicted octanol–water partition coefficient (Wildman–Crippen LogP) is 1.73. The SMILES string of the molecule is CCCCCC(=O)Nc1nc2c(s1)C[C@@H]1[C@](C)(CO)[C@H](O)CC[C@@]1(C)[C@@H]2CC(=O)NCC[NH+](C)C. The first-order valence-electron chi connectivity index (χ1n) is 13.2. The van der Waals surface area contributed by atoms with E-state index >= 15 is 0 Å². The van der Waals surface area contributed by atoms with Crippen molar-refractivity contribution in [3.05, 3.63) is 10.6 Å². The molecule has 0 unspecified atom stereocenters. The van der Waals surface area contributed by atoms with Crippen molar-refractivity contribution in [1.82, 2.24) is 10.3 Å². The Hall–Kier alpha value is -1.55. The van der Waals surface area contributed by atoms with Gasteiger partial charge in [0.1, 0.15) is 0 Å². The van der Waals surface area contributed by atoms with Gasteiger partial charge in [-0.15, -0.1) is 11.3 Å². The van der Waals surface area contributed by atoms with E-state index in [1.165, 1.54) is 16.2 Å². The van der Waals surface area contributed by atoms with Crippen LogP contribution < -0.4 is 15.5 Å². The summed E-state index contributed by atoms with van der Waals surface area (Å²) in [6.07, 6.45) is 5.19. The molecule has 0 spiro atoms. The van der Waals surface area contributed by atoms with Gasteiger partial charge in [-0.05, 0) is 37.0 Å². The van der Waals surface area contributed by atoms with Crippen LogP contribution in [0.2, 0.25) is 0 Å². The van der Waals surface area contributed by atoms with Crippen molar-refractivity contribution in [2.24, 2.45) is 16.7 Å². The molecule has 0 saturated heterocycles. The van der Waals surface area contributed by atoms with E-state index in [-0.39, 0.29) is 35.7 Å². The highest BCUT2D eigenvalue weighted by molar-refractivity contribution is 7.15. The van der Waals surface area contributed by atoms with E-state index in [1.54, 1.807) is 0 Å². The van der Waals surface area contributed by atoms with E-state index in [2.05, 4.69) is 38.6 Å². The van der Waals surface area contributed by atoms with Crippen LogP contribution in [0.3, 0.4) is 0 Å². The summed E-state index contributed by atoms with van der Waals surface area (Å²) in [7, 11) is 4.11. The van der Waals surface area contributed by atoms with E-state index in [0.717, 1.165) is 42.8 Å². The average molecular weight is 510 g/mol. The zero-order chi connectivity index (χ0) is 25.8. The maximum atomic E-state index is 13.0. The highest BCUT2D eigenvalue weighted by Gasteiger charge is 2.59. The largest absolute Gasteiger partial charge is 0.396 e. The third kappa shape index (κ3) is 6.06. The zero-order valence-electron chi connectivity index (χ0n) is 22.1. The number of aliphatic hydroxyl groups excluding tert-OH is 2. The maximum absolute atomic E-state index is 13.0. The molecule has 2 amide bonds. The molecule has 9 heteroatoms. The molecular weight excluding hydrogens is 464 g/mol. The van der Waals surface area contributed by atoms with Gasteiger partial charge in [-0.2, -0.15) is 0 Å². The van der Waals surface area contributed by atoms with Crippen molar-refractivity contribution in [3.63, 3.8) is 0 Å². The third-order valence-electron chi connectivity index (χ3n) is 8.48. The number of aliphatic hydroxyl groups is 2. The second kappa shape index (κ2) is 11.7. The number of aromatic nitrogens is 1. The number of nitrogens with zero attached hydrogens (tertiary/aromatic N) is 1. The fourth-order valence-electron chi connectivity index (χ4n) is 6.13. The molecule has 1 aromatic rings. The lowest BCUT2D eigenvalue weighted by Gasteiger charge is -2.58. The Morgan fingerprint density at radius 1 is 1.23 bits per heavy atom. The maximum Gasteiger partial charge on any atom is 0.226 e. The molecule has 8 nitrogen and oxygen atoms in total. The van der Waals surface area contributed by atoms with Gasteiger partial charge in [0.25, 0.3) is 0 Å². The lowest BCUT2D eigenvalue weighted by molar-refractivity contribution is -0.856. The molecule has 3 rings (SSSR count). The van der Waals surface area contributed by atoms with E-state index < -0.39 is 11.5 Å². The topological polar surface area (TPSA) is 116 Å². The summed E-state index contributed by atoms with van der Waals surface area (Å²) in [5.74, 6) is -0.152. The van der Waals surface area contributed by atoms with Gasteiger partial charge in [-0.3, -0.25) is 9.59 Å². The van der Waals surface area contributed by atoms with Gasteiger partial charge in [0, 0.05) is 29.1 Å². The van der Waals surface area contributed by atoms with Gasteiger partial charge < -0.3 is 25.7 Å². The van der Waals surface area contributed by atoms with Crippen molar-refractivity contribution in [3.8, 4) is 0 Å². The molecule has 0 aliphatic heterocycles. The quantitative estimate of drug-likeness (QED) is 0.291. The normalized spacial score (nSPS) is 30.0. The molecule has 1 fully saturated rings. The number of nitrogens with one attached hydrogen (secondary N) is 3. The Labute approximate surface area is 213 Å². The fourth-order valence-corrected chi connectivity index (χ4v) is 7.21. The van der Waals surface area contributed by atoms with Crippen LogP contribution in [0.4, 0.5) is 5.13 Å². The van der Waals surface area contributed by atoms with Gasteiger partial charge in [-0.1, -0.05) is 33.6 Å². The number of amides is 2. The number of rotatable bonds is 11. The molecule has 0 radical (unpaired) electrons. The van der Waals surface area contributed by atoms with Crippen LogP contribution in [0.15, 0.2) is 0 Å². The van der Waals surface area contributed by atoms with Crippen molar-refractivity contribution in [2.45, 2.75) is 84.2 Å². The first-order chi connectivity index (χ1) is 16.5. The number of carbonyl (C=O) groups is 2. The first-order valence-corrected chi connectivity index (χ1v) is 14.0. The van der Waals surface area contributed by atoms with Gasteiger partial charge in [-0.25, -0.2) is 4.98 Å². The molecule has 5 N–H and O–H groups in total. The predicted molar refractivity (Wildman–Crippen MR) is 139 cm³/mol. The van der Waals surface area contributed by atoms with E-state index in [4.69, 9.17) is 4.98 Å². The van der Waals surface area contributed by atoms with Gasteiger partial charge in [0.2, 0.25) is 11.8 Å². The Balaban J connectivity index is 1.89. The summed E-state index contributed by atoms with van der Waals surface area (Å²) in [5, 5.41) is 27.9. The monoisotopic (exact) mass is 509 g/mol. The molecule has 1 heterocycles. The Bertz CT molecular complexity index is 891. The molecule has 1 saturated carbocycles. The summed E-state index contributed by atoms with van der Waals surface area (Å²) in [6.45, 7) is 7.64. The van der Waals surface area contributed by atoms with Crippen LogP contribution in [0.25, 0.3) is 0 Å². The van der Waals surface area contributed by atoms with Crippen LogP contribution in [-0.4, -0.2) is 66.9 Å². The van der Waals surface area contributed by atoms with Crippen molar-refractivity contribution >= 4 is 28.3 Å². The standard InChI is InChI=1S/C26H44N4O4S/c1-6-7-8-9-21(33)28-24-29-23-17(14-22(34)27-12-13-30(4)5)25(2)11-10-20(32)26(3,16-31)19(25)15-18(23)35-24/h17,19-20,31-32H,6-16H2,1-5H3,(H,27,34)(H,28,29,33)/p+1/t17-,19+,20-,25+,26+/m1/s1. The number of hydrogen-bond acceptors (Lipinski definition) is 6. The van der Waals surface area contributed by atoms with Crippen molar-refractivity contribution in [1.29, 1.82) is 0 Å². The van der Waals surface area contributed by atoms with Crippen LogP contribution in [0, 0.1) is 16.7 Å². The third-order valence-corrected chi connectivity index (χ3v) is 9.49. The number of unbranched alkanes of at least 4 members (excludes halogenated alkanes) is 2. The van der Waals surface area contributed by atoms with Crippen LogP contribution in [0.5, 0.6) is 0 Å². The number of quaternary nitrogens is 1. The van der Waals surface area contributed by atoms with Crippen molar-refractivity contribution < 1.29 is 24.7 Å². The van der Waals surface area contributed by atoms with Gasteiger partial charge in [0.15, 0.2) is 5.13 Å². The van der Waals surface area contributed by atoms with E-state index in [0.29, 0.717) is 37.4 Å². The minimum atomic E-state index is -0.652. The molecule has 2 aliphatic carbocycles. The Morgan fingerprint density at radius 3 is 2.63 bits per heavy atom. The Kier molecular flexibility index (Phi) is 9.34. The molecule has 35 heavy (non-hydrogen) atoms. The average Bonchev–Trinajstić information content (AvgIpc) is 3.19. The highest BCUT2D eigenvalue weighted by atomic mass is 32.1. The smallest absolute Gasteiger partial charge is 0.226 e. The number of fused-ring (bicyclic) bond motifs is 2. The number of carbonyl (C=O) groups excluding carboxylic acids is 2. The number of hydrogen-bond donors (Lipinski definition) is 5. The number of anilines is 1. The lowest BCUT2D eigenvalue weighted by atomic mass is 9.47. The van der Waals surface area contributed by atoms with E-state index in [9.17, 15) is 19.8 Å². The van der Waals surface area contributed by atoms with E-state index in [1.807, 2.05) is 6.92 Å². The summed E-state index contributed by atoms with van der Waals surface area (Å²) in [6, 6.07) is 0. The molecule has 2 aliphatic rings. The van der Waals surface area contributed by atoms with Crippen LogP contribution in [0.1, 0.15) is 82.2 Å². The van der Waals surface area contributed by atoms with Crippen molar-refractivity contribution in [2.75, 3.05) is 39.1 Å². The molecule has 0 aromatic carbocycles. The summed E-state index contributed by atoms with van der Waals surface area (Å²) in [4.78, 5) is 32.7. The fraction of sp³-hybridized carbons (Fsp3) is 0.808. The Morgan fingerprint density at radius 2 is 1.97 bits per heavy atom. The minimum Gasteiger partial charge on any atom is -0.396 e. The minimum absolute atomic E-state index is 0.000880. The zero-order valence-corrected chi connectivity index (χ0v) is 22.9. The molecule has 1 aromatic heterocycles. The first kappa shape index (κ1) is 28.0. The molecule has 0 bridgehead atoms. The summed E-state index contributed by atoms with van der Waals surface area (Å²) >= 11 is 1.48. The second-order valence-electron chi connectivity index (χ2n) is 11.4. The second-order valence-corrected chi connectivity index (χ2v) is 12.5. The van der Waals surface area contributed by atoms with Gasteiger partial charge >= 0.3 is 0 Å². The summed E-state index contributed by atoms with van der Waals surface area (Å²) in [5.41, 5.74) is -0.0337. The number of thiazole rings is 1.